The predicted octanol–water partition coefficient (Wildman–Crippen LogP) is 4.95. The van der Waals surface area contributed by atoms with Crippen molar-refractivity contribution < 1.29 is 9.59 Å². The van der Waals surface area contributed by atoms with E-state index < -0.39 is 0 Å². The Bertz CT molecular complexity index is 875. The summed E-state index contributed by atoms with van der Waals surface area (Å²) in [5.41, 5.74) is 2.03. The zero-order valence-electron chi connectivity index (χ0n) is 15.9. The van der Waals surface area contributed by atoms with Crippen LogP contribution in [0.25, 0.3) is 0 Å². The summed E-state index contributed by atoms with van der Waals surface area (Å²) in [6, 6.07) is 7.50. The number of amides is 2. The lowest BCUT2D eigenvalue weighted by molar-refractivity contribution is -0.131. The monoisotopic (exact) mass is 395 g/mol. The molecule has 1 unspecified atom stereocenters. The van der Waals surface area contributed by atoms with Crippen LogP contribution >= 0.6 is 11.3 Å². The highest BCUT2D eigenvalue weighted by Gasteiger charge is 2.31. The third-order valence-electron chi connectivity index (χ3n) is 5.45. The first-order valence-electron chi connectivity index (χ1n) is 9.99. The van der Waals surface area contributed by atoms with Gasteiger partial charge in [0.2, 0.25) is 5.91 Å². The molecule has 1 N–H and O–H groups in total. The summed E-state index contributed by atoms with van der Waals surface area (Å²) in [5, 5.41) is 2.89. The van der Waals surface area contributed by atoms with Gasteiger partial charge in [0.1, 0.15) is 0 Å². The van der Waals surface area contributed by atoms with Gasteiger partial charge in [-0.05, 0) is 62.8 Å². The Morgan fingerprint density at radius 1 is 1.14 bits per heavy atom. The number of hydrogen-bond acceptors (Lipinski definition) is 4. The number of allylic oxidation sites excluding steroid dienone is 1. The molecule has 1 aliphatic heterocycles. The Morgan fingerprint density at radius 3 is 2.79 bits per heavy atom. The van der Waals surface area contributed by atoms with E-state index in [1.165, 1.54) is 29.8 Å². The van der Waals surface area contributed by atoms with E-state index in [1.54, 1.807) is 24.5 Å². The molecule has 2 aromatic rings. The fourth-order valence-corrected chi connectivity index (χ4v) is 5.05. The third kappa shape index (κ3) is 4.33. The van der Waals surface area contributed by atoms with Gasteiger partial charge in [0, 0.05) is 35.9 Å². The van der Waals surface area contributed by atoms with Crippen LogP contribution < -0.4 is 5.32 Å². The minimum absolute atomic E-state index is 0.101. The molecule has 1 atom stereocenters. The molecule has 146 valence electrons. The summed E-state index contributed by atoms with van der Waals surface area (Å²) in [7, 11) is 0. The predicted molar refractivity (Wildman–Crippen MR) is 111 cm³/mol. The molecule has 0 radical (unpaired) electrons. The van der Waals surface area contributed by atoms with Crippen molar-refractivity contribution in [1.82, 2.24) is 9.88 Å². The van der Waals surface area contributed by atoms with Crippen molar-refractivity contribution in [2.75, 3.05) is 11.9 Å². The molecular formula is C22H25N3O2S. The second kappa shape index (κ2) is 8.69. The topological polar surface area (TPSA) is 62.3 Å². The van der Waals surface area contributed by atoms with Gasteiger partial charge < -0.3 is 10.2 Å². The van der Waals surface area contributed by atoms with Crippen LogP contribution in [-0.4, -0.2) is 28.2 Å². The van der Waals surface area contributed by atoms with Gasteiger partial charge in [0.25, 0.3) is 5.91 Å². The number of likely N-dealkylation sites (tertiary alicyclic amines) is 1. The van der Waals surface area contributed by atoms with E-state index in [-0.39, 0.29) is 17.9 Å². The van der Waals surface area contributed by atoms with Gasteiger partial charge in [-0.25, -0.2) is 0 Å². The molecule has 0 spiro atoms. The van der Waals surface area contributed by atoms with Crippen molar-refractivity contribution in [3.8, 4) is 0 Å². The maximum absolute atomic E-state index is 12.9. The molecular weight excluding hydrogens is 370 g/mol. The number of hydrogen-bond donors (Lipinski definition) is 1. The Morgan fingerprint density at radius 2 is 2.00 bits per heavy atom. The van der Waals surface area contributed by atoms with Crippen LogP contribution in [0.1, 0.15) is 65.5 Å². The number of rotatable bonds is 5. The number of aromatic nitrogens is 1. The molecule has 1 saturated heterocycles. The SMILES string of the molecule is O=C(Nc1ccncc1)c1ccc(C2CCCN2C(=O)CC2=CCCCC2)s1. The first kappa shape index (κ1) is 18.9. The fourth-order valence-electron chi connectivity index (χ4n) is 4.00. The van der Waals surface area contributed by atoms with E-state index in [4.69, 9.17) is 0 Å². The van der Waals surface area contributed by atoms with Crippen molar-refractivity contribution in [2.45, 2.75) is 51.0 Å². The van der Waals surface area contributed by atoms with Crippen molar-refractivity contribution >= 4 is 28.8 Å². The summed E-state index contributed by atoms with van der Waals surface area (Å²) in [6.07, 6.45) is 12.7. The minimum Gasteiger partial charge on any atom is -0.335 e. The molecule has 0 bridgehead atoms. The van der Waals surface area contributed by atoms with Crippen molar-refractivity contribution in [3.63, 3.8) is 0 Å². The van der Waals surface area contributed by atoms with E-state index in [0.717, 1.165) is 42.8 Å². The Hall–Kier alpha value is -2.47. The van der Waals surface area contributed by atoms with Crippen LogP contribution in [-0.2, 0) is 4.79 Å². The zero-order valence-corrected chi connectivity index (χ0v) is 16.7. The number of carbonyl (C=O) groups excluding carboxylic acids is 2. The molecule has 6 heteroatoms. The highest BCUT2D eigenvalue weighted by molar-refractivity contribution is 7.14. The first-order chi connectivity index (χ1) is 13.7. The van der Waals surface area contributed by atoms with Gasteiger partial charge >= 0.3 is 0 Å². The maximum Gasteiger partial charge on any atom is 0.265 e. The largest absolute Gasteiger partial charge is 0.335 e. The van der Waals surface area contributed by atoms with Crippen molar-refractivity contribution in [3.05, 3.63) is 58.1 Å². The zero-order chi connectivity index (χ0) is 19.3. The number of carbonyl (C=O) groups is 2. The minimum atomic E-state index is -0.120. The van der Waals surface area contributed by atoms with Crippen LogP contribution in [0.4, 0.5) is 5.69 Å². The van der Waals surface area contributed by atoms with Gasteiger partial charge in [-0.15, -0.1) is 11.3 Å². The van der Waals surface area contributed by atoms with Crippen LogP contribution in [0, 0.1) is 0 Å². The number of anilines is 1. The number of nitrogens with zero attached hydrogens (tertiary/aromatic N) is 2. The van der Waals surface area contributed by atoms with E-state index in [0.29, 0.717) is 11.3 Å². The summed E-state index contributed by atoms with van der Waals surface area (Å²) < 4.78 is 0. The van der Waals surface area contributed by atoms with Gasteiger partial charge in [-0.1, -0.05) is 11.6 Å². The summed E-state index contributed by atoms with van der Waals surface area (Å²) in [6.45, 7) is 0.813. The highest BCUT2D eigenvalue weighted by atomic mass is 32.1. The van der Waals surface area contributed by atoms with Crippen molar-refractivity contribution in [2.24, 2.45) is 0 Å². The molecule has 3 heterocycles. The standard InChI is InChI=1S/C22H25N3O2S/c26-21(15-16-5-2-1-3-6-16)25-14-4-7-18(25)19-8-9-20(28-19)22(27)24-17-10-12-23-13-11-17/h5,8-13,18H,1-4,6-7,14-15H2,(H,23,24,27). The Balaban J connectivity index is 1.42. The molecule has 2 amide bonds. The molecule has 5 nitrogen and oxygen atoms in total. The third-order valence-corrected chi connectivity index (χ3v) is 6.64. The lowest BCUT2D eigenvalue weighted by Crippen LogP contribution is -2.30. The molecule has 4 rings (SSSR count). The second-order valence-electron chi connectivity index (χ2n) is 7.42. The van der Waals surface area contributed by atoms with E-state index in [1.807, 2.05) is 17.0 Å². The molecule has 2 aromatic heterocycles. The number of pyridine rings is 1. The van der Waals surface area contributed by atoms with Gasteiger partial charge in [0.15, 0.2) is 0 Å². The molecule has 0 aromatic carbocycles. The highest BCUT2D eigenvalue weighted by Crippen LogP contribution is 2.37. The lowest BCUT2D eigenvalue weighted by atomic mass is 9.96. The molecule has 28 heavy (non-hydrogen) atoms. The average molecular weight is 396 g/mol. The van der Waals surface area contributed by atoms with Crippen LogP contribution in [0.5, 0.6) is 0 Å². The molecule has 1 aliphatic carbocycles. The van der Waals surface area contributed by atoms with E-state index >= 15 is 0 Å². The Labute approximate surface area is 169 Å². The normalized spacial score (nSPS) is 19.4. The summed E-state index contributed by atoms with van der Waals surface area (Å²) in [4.78, 5) is 33.1. The van der Waals surface area contributed by atoms with E-state index in [2.05, 4.69) is 16.4 Å². The molecule has 0 saturated carbocycles. The molecule has 2 aliphatic rings. The lowest BCUT2D eigenvalue weighted by Gasteiger charge is -2.25. The quantitative estimate of drug-likeness (QED) is 0.729. The summed E-state index contributed by atoms with van der Waals surface area (Å²) in [5.74, 6) is 0.109. The fraction of sp³-hybridized carbons (Fsp3) is 0.409. The Kier molecular flexibility index (Phi) is 5.86. The number of nitrogens with one attached hydrogen (secondary N) is 1. The van der Waals surface area contributed by atoms with Gasteiger partial charge in [-0.2, -0.15) is 0 Å². The van der Waals surface area contributed by atoms with Gasteiger partial charge in [-0.3, -0.25) is 14.6 Å². The number of thiophene rings is 1. The van der Waals surface area contributed by atoms with E-state index in [9.17, 15) is 9.59 Å². The average Bonchev–Trinajstić information content (AvgIpc) is 3.39. The summed E-state index contributed by atoms with van der Waals surface area (Å²) >= 11 is 1.49. The van der Waals surface area contributed by atoms with Crippen molar-refractivity contribution in [1.29, 1.82) is 0 Å². The molecule has 1 fully saturated rings. The van der Waals surface area contributed by atoms with Gasteiger partial charge in [0.05, 0.1) is 10.9 Å². The van der Waals surface area contributed by atoms with Crippen LogP contribution in [0.2, 0.25) is 0 Å². The van der Waals surface area contributed by atoms with Crippen LogP contribution in [0.15, 0.2) is 48.3 Å². The smallest absolute Gasteiger partial charge is 0.265 e. The second-order valence-corrected chi connectivity index (χ2v) is 8.54. The maximum atomic E-state index is 12.9. The first-order valence-corrected chi connectivity index (χ1v) is 10.8. The van der Waals surface area contributed by atoms with Crippen LogP contribution in [0.3, 0.4) is 0 Å².